The molecule has 0 heterocycles. The summed E-state index contributed by atoms with van der Waals surface area (Å²) < 4.78 is 31.2. The fourth-order valence-corrected chi connectivity index (χ4v) is 1.39. The molecule has 5 nitrogen and oxygen atoms in total. The molecule has 1 amide bonds. The number of carboxylic acid groups (broad SMARTS) is 1. The Hall–Kier alpha value is -2.18. The van der Waals surface area contributed by atoms with Crippen LogP contribution in [0.4, 0.5) is 8.78 Å². The minimum atomic E-state index is -1.17. The number of halogens is 2. The summed E-state index contributed by atoms with van der Waals surface area (Å²) in [6, 6.07) is 3.16. The zero-order valence-corrected chi connectivity index (χ0v) is 10.2. The van der Waals surface area contributed by atoms with Gasteiger partial charge in [0.15, 0.2) is 24.0 Å². The number of carboxylic acids is 1. The molecule has 104 valence electrons. The quantitative estimate of drug-likeness (QED) is 0.847. The predicted octanol–water partition coefficient (Wildman–Crippen LogP) is 1.28. The summed E-state index contributed by atoms with van der Waals surface area (Å²) >= 11 is 0. The number of hydrogen-bond acceptors (Lipinski definition) is 3. The molecule has 0 aliphatic carbocycles. The second kappa shape index (κ2) is 6.67. The smallest absolute Gasteiger partial charge is 0.323 e. The van der Waals surface area contributed by atoms with E-state index < -0.39 is 42.4 Å². The van der Waals surface area contributed by atoms with E-state index in [2.05, 4.69) is 0 Å². The van der Waals surface area contributed by atoms with Crippen molar-refractivity contribution in [3.63, 3.8) is 0 Å². The Morgan fingerprint density at radius 2 is 1.89 bits per heavy atom. The summed E-state index contributed by atoms with van der Waals surface area (Å²) in [5.41, 5.74) is 0. The maximum atomic E-state index is 13.2. The Labute approximate surface area is 108 Å². The molecule has 0 atom stereocenters. The van der Waals surface area contributed by atoms with Crippen molar-refractivity contribution in [3.8, 4) is 5.75 Å². The molecule has 0 saturated heterocycles. The topological polar surface area (TPSA) is 66.8 Å². The van der Waals surface area contributed by atoms with Crippen LogP contribution in [0.25, 0.3) is 0 Å². The molecular weight excluding hydrogens is 260 g/mol. The molecule has 0 bridgehead atoms. The lowest BCUT2D eigenvalue weighted by molar-refractivity contribution is -0.145. The normalized spacial score (nSPS) is 10.1. The van der Waals surface area contributed by atoms with Gasteiger partial charge in [0.2, 0.25) is 0 Å². The average molecular weight is 273 g/mol. The molecule has 19 heavy (non-hydrogen) atoms. The first kappa shape index (κ1) is 14.9. The molecule has 7 heteroatoms. The van der Waals surface area contributed by atoms with Crippen molar-refractivity contribution < 1.29 is 28.2 Å². The van der Waals surface area contributed by atoms with E-state index >= 15 is 0 Å². The highest BCUT2D eigenvalue weighted by atomic mass is 19.1. The number of para-hydroxylation sites is 1. The number of hydrogen-bond donors (Lipinski definition) is 1. The van der Waals surface area contributed by atoms with Crippen LogP contribution in [-0.2, 0) is 9.59 Å². The molecule has 0 unspecified atom stereocenters. The van der Waals surface area contributed by atoms with E-state index in [-0.39, 0.29) is 6.54 Å². The van der Waals surface area contributed by atoms with Crippen molar-refractivity contribution in [1.29, 1.82) is 0 Å². The Morgan fingerprint density at radius 1 is 1.32 bits per heavy atom. The van der Waals surface area contributed by atoms with Crippen LogP contribution in [0, 0.1) is 11.6 Å². The minimum absolute atomic E-state index is 0.161. The van der Waals surface area contributed by atoms with E-state index in [1.807, 2.05) is 0 Å². The molecule has 1 N–H and O–H groups in total. The largest absolute Gasteiger partial charge is 0.480 e. The molecule has 0 saturated carbocycles. The van der Waals surface area contributed by atoms with Gasteiger partial charge in [-0.25, -0.2) is 8.78 Å². The first-order chi connectivity index (χ1) is 8.95. The van der Waals surface area contributed by atoms with Crippen LogP contribution in [0.3, 0.4) is 0 Å². The Bertz CT molecular complexity index is 459. The number of benzene rings is 1. The van der Waals surface area contributed by atoms with Crippen molar-refractivity contribution in [3.05, 3.63) is 29.8 Å². The zero-order valence-electron chi connectivity index (χ0n) is 10.2. The van der Waals surface area contributed by atoms with E-state index in [1.54, 1.807) is 6.92 Å². The zero-order chi connectivity index (χ0) is 14.4. The number of carbonyl (C=O) groups is 2. The molecule has 0 aromatic heterocycles. The molecule has 0 aliphatic rings. The van der Waals surface area contributed by atoms with Gasteiger partial charge in [0.1, 0.15) is 6.54 Å². The van der Waals surface area contributed by atoms with Gasteiger partial charge in [0.05, 0.1) is 0 Å². The Morgan fingerprint density at radius 3 is 2.37 bits per heavy atom. The summed E-state index contributed by atoms with van der Waals surface area (Å²) in [4.78, 5) is 23.1. The summed E-state index contributed by atoms with van der Waals surface area (Å²) in [7, 11) is 0. The lowest BCUT2D eigenvalue weighted by atomic mass is 10.3. The van der Waals surface area contributed by atoms with Crippen molar-refractivity contribution in [2.75, 3.05) is 19.7 Å². The molecule has 0 spiro atoms. The summed E-state index contributed by atoms with van der Waals surface area (Å²) in [6.07, 6.45) is 0. The molecule has 1 aromatic rings. The SMILES string of the molecule is CCN(CC(=O)O)C(=O)COc1c(F)cccc1F. The van der Waals surface area contributed by atoms with Gasteiger partial charge in [0, 0.05) is 6.54 Å². The first-order valence-corrected chi connectivity index (χ1v) is 5.52. The van der Waals surface area contributed by atoms with Crippen LogP contribution >= 0.6 is 0 Å². The second-order valence-electron chi connectivity index (χ2n) is 3.64. The average Bonchev–Trinajstić information content (AvgIpc) is 2.34. The fourth-order valence-electron chi connectivity index (χ4n) is 1.39. The summed E-state index contributed by atoms with van der Waals surface area (Å²) in [5.74, 6) is -4.33. The third-order valence-electron chi connectivity index (χ3n) is 2.32. The number of aliphatic carboxylic acids is 1. The molecule has 0 radical (unpaired) electrons. The lowest BCUT2D eigenvalue weighted by Crippen LogP contribution is -2.38. The molecule has 0 aliphatic heterocycles. The highest BCUT2D eigenvalue weighted by Crippen LogP contribution is 2.20. The number of ether oxygens (including phenoxy) is 1. The third kappa shape index (κ3) is 4.20. The van der Waals surface area contributed by atoms with E-state index in [4.69, 9.17) is 9.84 Å². The number of nitrogens with zero attached hydrogens (tertiary/aromatic N) is 1. The number of carbonyl (C=O) groups excluding carboxylic acids is 1. The lowest BCUT2D eigenvalue weighted by Gasteiger charge is -2.18. The molecule has 1 rings (SSSR count). The Balaban J connectivity index is 2.65. The van der Waals surface area contributed by atoms with Crippen LogP contribution in [-0.4, -0.2) is 41.6 Å². The number of amides is 1. The third-order valence-corrected chi connectivity index (χ3v) is 2.32. The van der Waals surface area contributed by atoms with Gasteiger partial charge in [-0.3, -0.25) is 9.59 Å². The van der Waals surface area contributed by atoms with Crippen LogP contribution in [0.15, 0.2) is 18.2 Å². The van der Waals surface area contributed by atoms with Gasteiger partial charge in [-0.1, -0.05) is 6.07 Å². The van der Waals surface area contributed by atoms with E-state index in [0.29, 0.717) is 0 Å². The van der Waals surface area contributed by atoms with Gasteiger partial charge in [-0.2, -0.15) is 0 Å². The van der Waals surface area contributed by atoms with Crippen LogP contribution in [0.1, 0.15) is 6.92 Å². The summed E-state index contributed by atoms with van der Waals surface area (Å²) in [5, 5.41) is 8.58. The van der Waals surface area contributed by atoms with Gasteiger partial charge in [-0.05, 0) is 19.1 Å². The summed E-state index contributed by atoms with van der Waals surface area (Å²) in [6.45, 7) is 0.635. The van der Waals surface area contributed by atoms with Gasteiger partial charge < -0.3 is 14.7 Å². The van der Waals surface area contributed by atoms with Crippen molar-refractivity contribution in [2.45, 2.75) is 6.92 Å². The minimum Gasteiger partial charge on any atom is -0.480 e. The van der Waals surface area contributed by atoms with Crippen molar-refractivity contribution in [2.24, 2.45) is 0 Å². The highest BCUT2D eigenvalue weighted by molar-refractivity contribution is 5.82. The monoisotopic (exact) mass is 273 g/mol. The molecule has 1 aromatic carbocycles. The highest BCUT2D eigenvalue weighted by Gasteiger charge is 2.17. The van der Waals surface area contributed by atoms with Gasteiger partial charge >= 0.3 is 5.97 Å². The van der Waals surface area contributed by atoms with E-state index in [1.165, 1.54) is 6.07 Å². The number of likely N-dealkylation sites (N-methyl/N-ethyl adjacent to an activating group) is 1. The maximum absolute atomic E-state index is 13.2. The molecule has 0 fully saturated rings. The van der Waals surface area contributed by atoms with Crippen LogP contribution in [0.5, 0.6) is 5.75 Å². The standard InChI is InChI=1S/C12H13F2NO4/c1-2-15(6-11(17)18)10(16)7-19-12-8(13)4-3-5-9(12)14/h3-5H,2,6-7H2,1H3,(H,17,18). The van der Waals surface area contributed by atoms with Crippen molar-refractivity contribution >= 4 is 11.9 Å². The van der Waals surface area contributed by atoms with E-state index in [0.717, 1.165) is 17.0 Å². The first-order valence-electron chi connectivity index (χ1n) is 5.52. The van der Waals surface area contributed by atoms with Gasteiger partial charge in [0.25, 0.3) is 5.91 Å². The maximum Gasteiger partial charge on any atom is 0.323 e. The Kier molecular flexibility index (Phi) is 5.23. The fraction of sp³-hybridized carbons (Fsp3) is 0.333. The van der Waals surface area contributed by atoms with E-state index in [9.17, 15) is 18.4 Å². The predicted molar refractivity (Wildman–Crippen MR) is 61.7 cm³/mol. The van der Waals surface area contributed by atoms with Crippen LogP contribution < -0.4 is 4.74 Å². The van der Waals surface area contributed by atoms with Crippen molar-refractivity contribution in [1.82, 2.24) is 4.90 Å². The second-order valence-corrected chi connectivity index (χ2v) is 3.64. The van der Waals surface area contributed by atoms with Crippen LogP contribution in [0.2, 0.25) is 0 Å². The van der Waals surface area contributed by atoms with Gasteiger partial charge in [-0.15, -0.1) is 0 Å². The number of rotatable bonds is 6. The molecular formula is C12H13F2NO4.